The zero-order valence-electron chi connectivity index (χ0n) is 11.5. The lowest BCUT2D eigenvalue weighted by molar-refractivity contribution is -0.117. The Kier molecular flexibility index (Phi) is 3.73. The van der Waals surface area contributed by atoms with Gasteiger partial charge < -0.3 is 5.32 Å². The van der Waals surface area contributed by atoms with Crippen molar-refractivity contribution in [1.29, 1.82) is 0 Å². The molecule has 0 spiro atoms. The third-order valence-electron chi connectivity index (χ3n) is 3.60. The minimum Gasteiger partial charge on any atom is -0.309 e. The van der Waals surface area contributed by atoms with E-state index in [0.717, 1.165) is 5.69 Å². The standard InChI is InChI=1S/C14H23N3O/c1-14(2,3)11-9-12(17-16-11)15-13(18)8-10-6-4-5-7-10/h9-10H,4-8H2,1-3H3,(H2,15,16,17,18). The van der Waals surface area contributed by atoms with Crippen LogP contribution in [0.2, 0.25) is 0 Å². The lowest BCUT2D eigenvalue weighted by atomic mass is 9.92. The molecule has 0 aliphatic heterocycles. The Morgan fingerprint density at radius 2 is 2.11 bits per heavy atom. The van der Waals surface area contributed by atoms with Gasteiger partial charge in [-0.25, -0.2) is 0 Å². The fourth-order valence-corrected chi connectivity index (χ4v) is 2.44. The fourth-order valence-electron chi connectivity index (χ4n) is 2.44. The highest BCUT2D eigenvalue weighted by atomic mass is 16.1. The molecule has 0 atom stereocenters. The van der Waals surface area contributed by atoms with Crippen molar-refractivity contribution in [1.82, 2.24) is 10.2 Å². The zero-order valence-corrected chi connectivity index (χ0v) is 11.5. The van der Waals surface area contributed by atoms with Crippen LogP contribution in [0, 0.1) is 5.92 Å². The quantitative estimate of drug-likeness (QED) is 0.864. The van der Waals surface area contributed by atoms with Gasteiger partial charge in [0.2, 0.25) is 5.91 Å². The molecular formula is C14H23N3O. The van der Waals surface area contributed by atoms with Crippen LogP contribution in [0.4, 0.5) is 5.82 Å². The van der Waals surface area contributed by atoms with Gasteiger partial charge >= 0.3 is 0 Å². The Hall–Kier alpha value is -1.32. The number of nitrogens with zero attached hydrogens (tertiary/aromatic N) is 1. The van der Waals surface area contributed by atoms with Gasteiger partial charge in [-0.2, -0.15) is 5.10 Å². The molecule has 4 nitrogen and oxygen atoms in total. The highest BCUT2D eigenvalue weighted by Gasteiger charge is 2.20. The normalized spacial score (nSPS) is 17.1. The van der Waals surface area contributed by atoms with Crippen LogP contribution in [0.5, 0.6) is 0 Å². The van der Waals surface area contributed by atoms with Crippen molar-refractivity contribution in [3.05, 3.63) is 11.8 Å². The predicted octanol–water partition coefficient (Wildman–Crippen LogP) is 3.23. The molecule has 4 heteroatoms. The molecule has 2 rings (SSSR count). The van der Waals surface area contributed by atoms with Gasteiger partial charge in [-0.05, 0) is 18.8 Å². The Bertz CT molecular complexity index is 411. The van der Waals surface area contributed by atoms with Crippen molar-refractivity contribution in [2.24, 2.45) is 5.92 Å². The second-order valence-electron chi connectivity index (χ2n) is 6.32. The van der Waals surface area contributed by atoms with Crippen LogP contribution in [0.25, 0.3) is 0 Å². The lowest BCUT2D eigenvalue weighted by Gasteiger charge is -2.14. The predicted molar refractivity (Wildman–Crippen MR) is 72.5 cm³/mol. The van der Waals surface area contributed by atoms with Crippen LogP contribution in [0.15, 0.2) is 6.07 Å². The first kappa shape index (κ1) is 13.1. The molecule has 1 fully saturated rings. The molecule has 1 aromatic rings. The number of H-pyrrole nitrogens is 1. The average molecular weight is 249 g/mol. The van der Waals surface area contributed by atoms with Crippen molar-refractivity contribution in [2.45, 2.75) is 58.3 Å². The van der Waals surface area contributed by atoms with Gasteiger partial charge in [0.1, 0.15) is 0 Å². The fraction of sp³-hybridized carbons (Fsp3) is 0.714. The van der Waals surface area contributed by atoms with E-state index in [1.165, 1.54) is 25.7 Å². The Morgan fingerprint density at radius 1 is 1.44 bits per heavy atom. The van der Waals surface area contributed by atoms with Crippen molar-refractivity contribution < 1.29 is 4.79 Å². The third kappa shape index (κ3) is 3.34. The number of amides is 1. The Balaban J connectivity index is 1.88. The van der Waals surface area contributed by atoms with Crippen LogP contribution in [-0.4, -0.2) is 16.1 Å². The van der Waals surface area contributed by atoms with Crippen LogP contribution in [-0.2, 0) is 10.2 Å². The van der Waals surface area contributed by atoms with E-state index in [2.05, 4.69) is 36.3 Å². The maximum Gasteiger partial charge on any atom is 0.225 e. The summed E-state index contributed by atoms with van der Waals surface area (Å²) in [5, 5.41) is 10.0. The molecule has 0 unspecified atom stereocenters. The number of carbonyl (C=O) groups is 1. The minimum absolute atomic E-state index is 0.0292. The molecule has 0 aromatic carbocycles. The first-order chi connectivity index (χ1) is 8.45. The van der Waals surface area contributed by atoms with E-state index in [9.17, 15) is 4.79 Å². The molecule has 0 bridgehead atoms. The van der Waals surface area contributed by atoms with Crippen LogP contribution in [0.3, 0.4) is 0 Å². The second-order valence-corrected chi connectivity index (χ2v) is 6.32. The van der Waals surface area contributed by atoms with Crippen LogP contribution >= 0.6 is 0 Å². The van der Waals surface area contributed by atoms with Gasteiger partial charge in [-0.3, -0.25) is 9.89 Å². The van der Waals surface area contributed by atoms with Crippen molar-refractivity contribution in [2.75, 3.05) is 5.32 Å². The lowest BCUT2D eigenvalue weighted by Crippen LogP contribution is -2.15. The Morgan fingerprint density at radius 3 is 2.67 bits per heavy atom. The number of hydrogen-bond acceptors (Lipinski definition) is 2. The molecule has 1 aliphatic rings. The smallest absolute Gasteiger partial charge is 0.225 e. The molecule has 100 valence electrons. The summed E-state index contributed by atoms with van der Waals surface area (Å²) in [6.07, 6.45) is 5.57. The molecule has 1 amide bonds. The summed E-state index contributed by atoms with van der Waals surface area (Å²) in [5.41, 5.74) is 1.07. The average Bonchev–Trinajstić information content (AvgIpc) is 2.87. The van der Waals surface area contributed by atoms with Gasteiger partial charge in [-0.15, -0.1) is 0 Å². The van der Waals surface area contributed by atoms with Gasteiger partial charge in [0.15, 0.2) is 5.82 Å². The maximum atomic E-state index is 11.9. The van der Waals surface area contributed by atoms with Crippen molar-refractivity contribution in [3.8, 4) is 0 Å². The Labute approximate surface area is 109 Å². The summed E-state index contributed by atoms with van der Waals surface area (Å²) >= 11 is 0. The van der Waals surface area contributed by atoms with E-state index in [1.54, 1.807) is 0 Å². The summed E-state index contributed by atoms with van der Waals surface area (Å²) < 4.78 is 0. The highest BCUT2D eigenvalue weighted by Crippen LogP contribution is 2.28. The summed E-state index contributed by atoms with van der Waals surface area (Å²) in [6, 6.07) is 1.92. The number of hydrogen-bond donors (Lipinski definition) is 2. The third-order valence-corrected chi connectivity index (χ3v) is 3.60. The van der Waals surface area contributed by atoms with Crippen molar-refractivity contribution in [3.63, 3.8) is 0 Å². The van der Waals surface area contributed by atoms with Crippen molar-refractivity contribution >= 4 is 11.7 Å². The summed E-state index contributed by atoms with van der Waals surface area (Å²) in [6.45, 7) is 6.35. The molecule has 1 aromatic heterocycles. The SMILES string of the molecule is CC(C)(C)c1cc(NC(=O)CC2CCCC2)n[nH]1. The number of carbonyl (C=O) groups excluding carboxylic acids is 1. The van der Waals surface area contributed by atoms with Gasteiger partial charge in [-0.1, -0.05) is 33.6 Å². The van der Waals surface area contributed by atoms with E-state index in [4.69, 9.17) is 0 Å². The summed E-state index contributed by atoms with van der Waals surface area (Å²) in [5.74, 6) is 1.31. The second kappa shape index (κ2) is 5.12. The van der Waals surface area contributed by atoms with E-state index < -0.39 is 0 Å². The first-order valence-corrected chi connectivity index (χ1v) is 6.81. The number of aromatic nitrogens is 2. The van der Waals surface area contributed by atoms with Crippen LogP contribution in [0.1, 0.15) is 58.6 Å². The number of nitrogens with one attached hydrogen (secondary N) is 2. The number of rotatable bonds is 3. The van der Waals surface area contributed by atoms with Gasteiger partial charge in [0, 0.05) is 23.6 Å². The first-order valence-electron chi connectivity index (χ1n) is 6.81. The zero-order chi connectivity index (χ0) is 13.2. The molecular weight excluding hydrogens is 226 g/mol. The molecule has 1 aliphatic carbocycles. The number of anilines is 1. The minimum atomic E-state index is 0.0292. The topological polar surface area (TPSA) is 57.8 Å². The summed E-state index contributed by atoms with van der Waals surface area (Å²) in [4.78, 5) is 11.9. The molecule has 0 radical (unpaired) electrons. The summed E-state index contributed by atoms with van der Waals surface area (Å²) in [7, 11) is 0. The van der Waals surface area contributed by atoms with E-state index in [1.807, 2.05) is 6.07 Å². The number of aromatic amines is 1. The monoisotopic (exact) mass is 249 g/mol. The van der Waals surface area contributed by atoms with Gasteiger partial charge in [0.05, 0.1) is 0 Å². The molecule has 0 saturated heterocycles. The molecule has 1 heterocycles. The molecule has 1 saturated carbocycles. The van der Waals surface area contributed by atoms with E-state index in [-0.39, 0.29) is 11.3 Å². The van der Waals surface area contributed by atoms with E-state index in [0.29, 0.717) is 18.2 Å². The maximum absolute atomic E-state index is 11.9. The molecule has 18 heavy (non-hydrogen) atoms. The van der Waals surface area contributed by atoms with Crippen LogP contribution < -0.4 is 5.32 Å². The van der Waals surface area contributed by atoms with Gasteiger partial charge in [0.25, 0.3) is 0 Å². The van der Waals surface area contributed by atoms with E-state index >= 15 is 0 Å². The molecule has 2 N–H and O–H groups in total. The largest absolute Gasteiger partial charge is 0.309 e. The highest BCUT2D eigenvalue weighted by molar-refractivity contribution is 5.89.